The molecule has 1 radical (unpaired) electrons. The van der Waals surface area contributed by atoms with Crippen LogP contribution in [0.15, 0.2) is 23.1 Å². The Morgan fingerprint density at radius 3 is 2.28 bits per heavy atom. The molecule has 1 heterocycles. The van der Waals surface area contributed by atoms with Crippen LogP contribution in [0.2, 0.25) is 10.0 Å². The molecule has 1 aliphatic rings. The van der Waals surface area contributed by atoms with Crippen molar-refractivity contribution in [3.63, 3.8) is 0 Å². The average Bonchev–Trinajstić information content (AvgIpc) is 2.28. The topological polar surface area (TPSA) is 37.4 Å². The maximum atomic E-state index is 12.5. The third kappa shape index (κ3) is 2.82. The highest BCUT2D eigenvalue weighted by Crippen LogP contribution is 2.31. The van der Waals surface area contributed by atoms with E-state index in [2.05, 4.69) is 0 Å². The molecule has 18 heavy (non-hydrogen) atoms. The van der Waals surface area contributed by atoms with E-state index in [1.54, 1.807) is 0 Å². The maximum absolute atomic E-state index is 12.5. The van der Waals surface area contributed by atoms with Gasteiger partial charge in [0.25, 0.3) is 0 Å². The molecule has 0 atom stereocenters. The normalized spacial score (nSPS) is 19.1. The van der Waals surface area contributed by atoms with E-state index >= 15 is 0 Å². The van der Waals surface area contributed by atoms with E-state index in [9.17, 15) is 8.42 Å². The molecular formula is C12H14Cl2NO2S. The highest BCUT2D eigenvalue weighted by atomic mass is 35.5. The summed E-state index contributed by atoms with van der Waals surface area (Å²) in [6.07, 6.45) is 2.73. The number of rotatable bonds is 2. The summed E-state index contributed by atoms with van der Waals surface area (Å²) in [4.78, 5) is 0.154. The molecular weight excluding hydrogens is 293 g/mol. The van der Waals surface area contributed by atoms with Crippen LogP contribution in [-0.2, 0) is 10.0 Å². The van der Waals surface area contributed by atoms with E-state index in [0.29, 0.717) is 16.6 Å². The van der Waals surface area contributed by atoms with Crippen LogP contribution >= 0.6 is 23.2 Å². The van der Waals surface area contributed by atoms with Crippen molar-refractivity contribution in [2.75, 3.05) is 6.54 Å². The van der Waals surface area contributed by atoms with Crippen LogP contribution in [0.5, 0.6) is 0 Å². The molecule has 0 bridgehead atoms. The van der Waals surface area contributed by atoms with Gasteiger partial charge in [0.2, 0.25) is 10.0 Å². The second-order valence-corrected chi connectivity index (χ2v) is 7.11. The molecule has 1 aromatic rings. The van der Waals surface area contributed by atoms with E-state index in [1.165, 1.54) is 22.5 Å². The Balaban J connectivity index is 2.40. The molecule has 1 fully saturated rings. The molecule has 0 aliphatic carbocycles. The lowest BCUT2D eigenvalue weighted by molar-refractivity contribution is 0.350. The van der Waals surface area contributed by atoms with Crippen LogP contribution in [0.4, 0.5) is 0 Å². The van der Waals surface area contributed by atoms with Gasteiger partial charge >= 0.3 is 0 Å². The Bertz CT molecular complexity index is 525. The van der Waals surface area contributed by atoms with Gasteiger partial charge in [0.1, 0.15) is 0 Å². The number of sulfonamides is 1. The van der Waals surface area contributed by atoms with Crippen LogP contribution in [-0.4, -0.2) is 19.3 Å². The van der Waals surface area contributed by atoms with Crippen molar-refractivity contribution >= 4 is 33.2 Å². The smallest absolute Gasteiger partial charge is 0.207 e. The van der Waals surface area contributed by atoms with E-state index in [1.807, 2.05) is 6.92 Å². The lowest BCUT2D eigenvalue weighted by Crippen LogP contribution is -2.37. The Morgan fingerprint density at radius 1 is 1.11 bits per heavy atom. The summed E-state index contributed by atoms with van der Waals surface area (Å²) in [5, 5.41) is 0.659. The third-order valence-corrected chi connectivity index (χ3v) is 5.34. The second-order valence-electron chi connectivity index (χ2n) is 4.37. The number of halogens is 2. The number of benzene rings is 1. The van der Waals surface area contributed by atoms with Crippen molar-refractivity contribution in [1.29, 1.82) is 0 Å². The maximum Gasteiger partial charge on any atom is 0.243 e. The second kappa shape index (κ2) is 5.37. The molecule has 3 nitrogen and oxygen atoms in total. The van der Waals surface area contributed by atoms with Crippen LogP contribution in [0, 0.1) is 6.04 Å². The molecule has 1 saturated heterocycles. The van der Waals surface area contributed by atoms with Gasteiger partial charge in [0.05, 0.1) is 10.9 Å². The summed E-state index contributed by atoms with van der Waals surface area (Å²) < 4.78 is 26.4. The molecule has 0 spiro atoms. The molecule has 1 aliphatic heterocycles. The van der Waals surface area contributed by atoms with Gasteiger partial charge in [0, 0.05) is 16.6 Å². The van der Waals surface area contributed by atoms with Gasteiger partial charge in [-0.15, -0.1) is 0 Å². The summed E-state index contributed by atoms with van der Waals surface area (Å²) in [7, 11) is -3.53. The fourth-order valence-electron chi connectivity index (χ4n) is 2.08. The lowest BCUT2D eigenvalue weighted by Gasteiger charge is -2.31. The predicted octanol–water partition coefficient (Wildman–Crippen LogP) is 3.72. The highest BCUT2D eigenvalue weighted by Gasteiger charge is 2.31. The predicted molar refractivity (Wildman–Crippen MR) is 73.1 cm³/mol. The Kier molecular flexibility index (Phi) is 4.22. The molecule has 0 aromatic heterocycles. The van der Waals surface area contributed by atoms with Crippen molar-refractivity contribution in [1.82, 2.24) is 4.31 Å². The van der Waals surface area contributed by atoms with Crippen molar-refractivity contribution in [2.45, 2.75) is 31.1 Å². The van der Waals surface area contributed by atoms with E-state index < -0.39 is 10.0 Å². The third-order valence-electron chi connectivity index (χ3n) is 3.00. The Hall–Kier alpha value is -0.290. The van der Waals surface area contributed by atoms with Crippen LogP contribution < -0.4 is 0 Å². The van der Waals surface area contributed by atoms with Gasteiger partial charge in [-0.1, -0.05) is 29.6 Å². The summed E-state index contributed by atoms with van der Waals surface area (Å²) in [5.74, 6) is 0. The van der Waals surface area contributed by atoms with Gasteiger partial charge in [-0.2, -0.15) is 4.31 Å². The number of piperidine rings is 1. The number of hydrogen-bond donors (Lipinski definition) is 0. The first-order valence-electron chi connectivity index (χ1n) is 5.72. The van der Waals surface area contributed by atoms with Gasteiger partial charge in [-0.05, 0) is 38.0 Å². The van der Waals surface area contributed by atoms with Crippen LogP contribution in [0.3, 0.4) is 0 Å². The molecule has 0 saturated carbocycles. The summed E-state index contributed by atoms with van der Waals surface area (Å²) >= 11 is 11.7. The van der Waals surface area contributed by atoms with E-state index in [-0.39, 0.29) is 4.90 Å². The quantitative estimate of drug-likeness (QED) is 0.835. The molecule has 1 aromatic carbocycles. The molecule has 0 N–H and O–H groups in total. The number of hydrogen-bond acceptors (Lipinski definition) is 2. The monoisotopic (exact) mass is 306 g/mol. The number of nitrogens with zero attached hydrogens (tertiary/aromatic N) is 1. The Morgan fingerprint density at radius 2 is 1.72 bits per heavy atom. The van der Waals surface area contributed by atoms with Crippen molar-refractivity contribution in [3.05, 3.63) is 34.3 Å². The summed E-state index contributed by atoms with van der Waals surface area (Å²) in [5.41, 5.74) is 0. The van der Waals surface area contributed by atoms with E-state index in [4.69, 9.17) is 23.2 Å². The fraction of sp³-hybridized carbons (Fsp3) is 0.417. The molecule has 0 unspecified atom stereocenters. The molecule has 2 rings (SSSR count). The highest BCUT2D eigenvalue weighted by molar-refractivity contribution is 7.89. The van der Waals surface area contributed by atoms with Crippen molar-refractivity contribution < 1.29 is 8.42 Å². The van der Waals surface area contributed by atoms with Crippen molar-refractivity contribution in [3.8, 4) is 0 Å². The van der Waals surface area contributed by atoms with Gasteiger partial charge in [0.15, 0.2) is 0 Å². The minimum Gasteiger partial charge on any atom is -0.207 e. The average molecular weight is 307 g/mol. The Labute approximate surface area is 118 Å². The SMILES string of the molecule is C[C]1CCCCN1S(=O)(=O)c1cc(Cl)cc(Cl)c1. The zero-order valence-electron chi connectivity index (χ0n) is 9.99. The molecule has 99 valence electrons. The minimum absolute atomic E-state index is 0.154. The van der Waals surface area contributed by atoms with Crippen molar-refractivity contribution in [2.24, 2.45) is 0 Å². The minimum atomic E-state index is -3.53. The molecule has 0 amide bonds. The lowest BCUT2D eigenvalue weighted by atomic mass is 10.1. The first kappa shape index (κ1) is 14.1. The van der Waals surface area contributed by atoms with Gasteiger partial charge < -0.3 is 0 Å². The van der Waals surface area contributed by atoms with Gasteiger partial charge in [-0.3, -0.25) is 0 Å². The zero-order chi connectivity index (χ0) is 13.3. The standard InChI is InChI=1S/C12H14Cl2NO2S/c1-9-4-2-3-5-15(9)18(16,17)12-7-10(13)6-11(14)8-12/h6-8H,2-5H2,1H3. The summed E-state index contributed by atoms with van der Waals surface area (Å²) in [6.45, 7) is 2.38. The zero-order valence-corrected chi connectivity index (χ0v) is 12.3. The van der Waals surface area contributed by atoms with E-state index in [0.717, 1.165) is 25.3 Å². The summed E-state index contributed by atoms with van der Waals surface area (Å²) in [6, 6.07) is 5.27. The first-order chi connectivity index (χ1) is 8.41. The molecule has 6 heteroatoms. The van der Waals surface area contributed by atoms with Gasteiger partial charge in [-0.25, -0.2) is 8.42 Å². The fourth-order valence-corrected chi connectivity index (χ4v) is 4.41. The van der Waals surface area contributed by atoms with Crippen LogP contribution in [0.1, 0.15) is 26.2 Å². The first-order valence-corrected chi connectivity index (χ1v) is 7.92. The largest absolute Gasteiger partial charge is 0.243 e. The van der Waals surface area contributed by atoms with Crippen LogP contribution in [0.25, 0.3) is 0 Å².